The molecule has 0 amide bonds. The second-order valence-corrected chi connectivity index (χ2v) is 3.88. The summed E-state index contributed by atoms with van der Waals surface area (Å²) >= 11 is 0. The van der Waals surface area contributed by atoms with Crippen LogP contribution in [0.4, 0.5) is 32.0 Å². The van der Waals surface area contributed by atoms with Gasteiger partial charge in [-0.1, -0.05) is 6.92 Å². The minimum Gasteiger partial charge on any atom is -0.261 e. The fourth-order valence-electron chi connectivity index (χ4n) is 1.48. The first kappa shape index (κ1) is 15.5. The van der Waals surface area contributed by atoms with Crippen molar-refractivity contribution in [1.29, 1.82) is 0 Å². The molecule has 0 aliphatic carbocycles. The Bertz CT molecular complexity index is 484. The quantitative estimate of drug-likeness (QED) is 0.526. The normalized spacial score (nSPS) is 13.3. The molecule has 0 saturated carbocycles. The lowest BCUT2D eigenvalue weighted by molar-refractivity contribution is -0.143. The zero-order valence-corrected chi connectivity index (χ0v) is 10.2. The molecule has 0 aliphatic heterocycles. The van der Waals surface area contributed by atoms with Crippen LogP contribution in [0.3, 0.4) is 0 Å². The SMILES string of the molecule is CCC=Nc1cc(C(F)(F)F)cc(C(F)(F)F)c1C. The maximum Gasteiger partial charge on any atom is 0.416 e. The van der Waals surface area contributed by atoms with E-state index in [1.165, 1.54) is 6.21 Å². The molecule has 7 heteroatoms. The van der Waals surface area contributed by atoms with Gasteiger partial charge in [0.05, 0.1) is 16.8 Å². The van der Waals surface area contributed by atoms with Gasteiger partial charge in [0, 0.05) is 6.21 Å². The van der Waals surface area contributed by atoms with Crippen LogP contribution in [0.25, 0.3) is 0 Å². The van der Waals surface area contributed by atoms with Gasteiger partial charge in [-0.05, 0) is 31.0 Å². The van der Waals surface area contributed by atoms with E-state index < -0.39 is 23.5 Å². The standard InChI is InChI=1S/C12H11F6N/c1-3-4-19-10-6-8(11(13,14)15)5-9(7(10)2)12(16,17)18/h4-6H,3H2,1-2H3. The van der Waals surface area contributed by atoms with Crippen molar-refractivity contribution in [3.63, 3.8) is 0 Å². The van der Waals surface area contributed by atoms with Gasteiger partial charge >= 0.3 is 12.4 Å². The van der Waals surface area contributed by atoms with Crippen molar-refractivity contribution in [3.05, 3.63) is 28.8 Å². The van der Waals surface area contributed by atoms with E-state index in [-0.39, 0.29) is 17.3 Å². The molecule has 0 unspecified atom stereocenters. The minimum absolute atomic E-state index is 0.111. The van der Waals surface area contributed by atoms with E-state index in [9.17, 15) is 26.3 Å². The second kappa shape index (κ2) is 5.22. The fraction of sp³-hybridized carbons (Fsp3) is 0.417. The molecule has 0 saturated heterocycles. The molecule has 0 heterocycles. The summed E-state index contributed by atoms with van der Waals surface area (Å²) in [6.45, 7) is 2.78. The van der Waals surface area contributed by atoms with Crippen LogP contribution in [-0.4, -0.2) is 6.21 Å². The third-order valence-corrected chi connectivity index (χ3v) is 2.43. The van der Waals surface area contributed by atoms with Crippen LogP contribution in [0.1, 0.15) is 30.0 Å². The van der Waals surface area contributed by atoms with Crippen molar-refractivity contribution < 1.29 is 26.3 Å². The molecule has 1 rings (SSSR count). The lowest BCUT2D eigenvalue weighted by Crippen LogP contribution is -2.12. The molecule has 0 aliphatic rings. The molecule has 1 aromatic carbocycles. The average Bonchev–Trinajstić information content (AvgIpc) is 2.24. The molecule has 106 valence electrons. The second-order valence-electron chi connectivity index (χ2n) is 3.88. The van der Waals surface area contributed by atoms with E-state index in [1.807, 2.05) is 0 Å². The number of aliphatic imine (C=N–C) groups is 1. The van der Waals surface area contributed by atoms with Crippen LogP contribution in [0, 0.1) is 6.92 Å². The summed E-state index contributed by atoms with van der Waals surface area (Å²) in [6.07, 6.45) is -8.01. The summed E-state index contributed by atoms with van der Waals surface area (Å²) in [7, 11) is 0. The summed E-state index contributed by atoms with van der Waals surface area (Å²) in [4.78, 5) is 3.65. The van der Waals surface area contributed by atoms with E-state index >= 15 is 0 Å². The lowest BCUT2D eigenvalue weighted by Gasteiger charge is -2.16. The number of alkyl halides is 6. The summed E-state index contributed by atoms with van der Waals surface area (Å²) < 4.78 is 75.8. The van der Waals surface area contributed by atoms with Crippen molar-refractivity contribution >= 4 is 11.9 Å². The molecule has 0 N–H and O–H groups in total. The first-order valence-corrected chi connectivity index (χ1v) is 5.39. The van der Waals surface area contributed by atoms with E-state index in [0.29, 0.717) is 12.5 Å². The number of rotatable bonds is 2. The maximum atomic E-state index is 12.7. The number of nitrogens with zero attached hydrogens (tertiary/aromatic N) is 1. The number of benzene rings is 1. The number of halogens is 6. The molecule has 19 heavy (non-hydrogen) atoms. The molecule has 0 radical (unpaired) electrons. The van der Waals surface area contributed by atoms with E-state index in [4.69, 9.17) is 0 Å². The Labute approximate surface area is 106 Å². The Morgan fingerprint density at radius 3 is 2.05 bits per heavy atom. The topological polar surface area (TPSA) is 12.4 Å². The summed E-state index contributed by atoms with van der Waals surface area (Å²) in [5.74, 6) is 0. The van der Waals surface area contributed by atoms with Gasteiger partial charge in [0.25, 0.3) is 0 Å². The zero-order chi connectivity index (χ0) is 14.8. The lowest BCUT2D eigenvalue weighted by atomic mass is 10.0. The van der Waals surface area contributed by atoms with Crippen LogP contribution in [0.2, 0.25) is 0 Å². The van der Waals surface area contributed by atoms with Crippen molar-refractivity contribution in [3.8, 4) is 0 Å². The van der Waals surface area contributed by atoms with Gasteiger partial charge in [-0.25, -0.2) is 0 Å². The molecule has 1 nitrogen and oxygen atoms in total. The summed E-state index contributed by atoms with van der Waals surface area (Å²) in [5.41, 5.74) is -3.30. The van der Waals surface area contributed by atoms with Gasteiger partial charge in [0.2, 0.25) is 0 Å². The van der Waals surface area contributed by atoms with Crippen molar-refractivity contribution in [2.75, 3.05) is 0 Å². The largest absolute Gasteiger partial charge is 0.416 e. The monoisotopic (exact) mass is 283 g/mol. The van der Waals surface area contributed by atoms with Gasteiger partial charge in [-0.3, -0.25) is 4.99 Å². The van der Waals surface area contributed by atoms with Crippen LogP contribution < -0.4 is 0 Å². The molecule has 1 aromatic rings. The van der Waals surface area contributed by atoms with Crippen molar-refractivity contribution in [2.45, 2.75) is 32.6 Å². The maximum absolute atomic E-state index is 12.7. The molecule has 0 fully saturated rings. The smallest absolute Gasteiger partial charge is 0.261 e. The minimum atomic E-state index is -4.85. The Kier molecular flexibility index (Phi) is 4.27. The molecular weight excluding hydrogens is 272 g/mol. The number of hydrogen-bond donors (Lipinski definition) is 0. The highest BCUT2D eigenvalue weighted by molar-refractivity contribution is 5.66. The highest BCUT2D eigenvalue weighted by atomic mass is 19.4. The van der Waals surface area contributed by atoms with Gasteiger partial charge < -0.3 is 0 Å². The molecule has 0 aromatic heterocycles. The van der Waals surface area contributed by atoms with Crippen LogP contribution >= 0.6 is 0 Å². The molecular formula is C12H11F6N. The van der Waals surface area contributed by atoms with Gasteiger partial charge in [0.1, 0.15) is 0 Å². The van der Waals surface area contributed by atoms with Crippen molar-refractivity contribution in [1.82, 2.24) is 0 Å². The molecule has 0 spiro atoms. The van der Waals surface area contributed by atoms with Crippen LogP contribution in [-0.2, 0) is 12.4 Å². The highest BCUT2D eigenvalue weighted by Crippen LogP contribution is 2.40. The van der Waals surface area contributed by atoms with Crippen LogP contribution in [0.15, 0.2) is 17.1 Å². The Balaban J connectivity index is 3.52. The Morgan fingerprint density at radius 2 is 1.63 bits per heavy atom. The Hall–Kier alpha value is -1.53. The third-order valence-electron chi connectivity index (χ3n) is 2.43. The highest BCUT2D eigenvalue weighted by Gasteiger charge is 2.38. The van der Waals surface area contributed by atoms with Gasteiger partial charge in [0.15, 0.2) is 0 Å². The zero-order valence-electron chi connectivity index (χ0n) is 10.2. The summed E-state index contributed by atoms with van der Waals surface area (Å²) in [5, 5.41) is 0. The number of hydrogen-bond acceptors (Lipinski definition) is 1. The van der Waals surface area contributed by atoms with E-state index in [2.05, 4.69) is 4.99 Å². The molecule has 0 bridgehead atoms. The van der Waals surface area contributed by atoms with Gasteiger partial charge in [-0.2, -0.15) is 26.3 Å². The van der Waals surface area contributed by atoms with Gasteiger partial charge in [-0.15, -0.1) is 0 Å². The average molecular weight is 283 g/mol. The van der Waals surface area contributed by atoms with E-state index in [1.54, 1.807) is 6.92 Å². The predicted molar refractivity (Wildman–Crippen MR) is 59.6 cm³/mol. The predicted octanol–water partition coefficient (Wildman–Crippen LogP) is 5.14. The van der Waals surface area contributed by atoms with E-state index in [0.717, 1.165) is 6.92 Å². The first-order chi connectivity index (χ1) is 8.57. The Morgan fingerprint density at radius 1 is 1.05 bits per heavy atom. The molecule has 0 atom stereocenters. The summed E-state index contributed by atoms with van der Waals surface area (Å²) in [6, 6.07) is 0.733. The van der Waals surface area contributed by atoms with Crippen molar-refractivity contribution in [2.24, 2.45) is 4.99 Å². The first-order valence-electron chi connectivity index (χ1n) is 5.39. The fourth-order valence-corrected chi connectivity index (χ4v) is 1.48. The van der Waals surface area contributed by atoms with Crippen LogP contribution in [0.5, 0.6) is 0 Å². The third kappa shape index (κ3) is 3.71.